The third kappa shape index (κ3) is 2.26. The van der Waals surface area contributed by atoms with Crippen LogP contribution < -0.4 is 4.74 Å². The van der Waals surface area contributed by atoms with Crippen LogP contribution in [0, 0.1) is 5.41 Å². The van der Waals surface area contributed by atoms with Gasteiger partial charge in [0, 0.05) is 11.8 Å². The van der Waals surface area contributed by atoms with Crippen LogP contribution >= 0.6 is 0 Å². The van der Waals surface area contributed by atoms with Crippen molar-refractivity contribution in [1.29, 1.82) is 5.41 Å². The lowest BCUT2D eigenvalue weighted by atomic mass is 9.83. The Morgan fingerprint density at radius 3 is 2.62 bits per heavy atom. The van der Waals surface area contributed by atoms with Crippen LogP contribution in [-0.4, -0.2) is 13.3 Å². The van der Waals surface area contributed by atoms with Crippen LogP contribution in [0.3, 0.4) is 0 Å². The quantitative estimate of drug-likeness (QED) is 0.769. The first-order valence-corrected chi connectivity index (χ1v) is 6.03. The van der Waals surface area contributed by atoms with Crippen molar-refractivity contribution in [2.45, 2.75) is 38.0 Å². The minimum absolute atomic E-state index is 0.693. The van der Waals surface area contributed by atoms with Crippen molar-refractivity contribution in [1.82, 2.24) is 0 Å². The standard InChI is InChI=1S/C14H19NO/c1-16-14-8-7-12(9-13(14)10-15)11-5-3-2-4-6-11/h7-11,15H,2-6H2,1H3. The van der Waals surface area contributed by atoms with Crippen molar-refractivity contribution in [2.75, 3.05) is 7.11 Å². The second kappa shape index (κ2) is 5.15. The third-order valence-electron chi connectivity index (χ3n) is 3.49. The second-order valence-electron chi connectivity index (χ2n) is 4.48. The molecule has 86 valence electrons. The maximum absolute atomic E-state index is 7.39. The van der Waals surface area contributed by atoms with Gasteiger partial charge in [-0.25, -0.2) is 0 Å². The molecular formula is C14H19NO. The highest BCUT2D eigenvalue weighted by molar-refractivity contribution is 5.81. The van der Waals surface area contributed by atoms with Gasteiger partial charge in [0.05, 0.1) is 7.11 Å². The van der Waals surface area contributed by atoms with E-state index in [1.54, 1.807) is 7.11 Å². The molecule has 1 aromatic carbocycles. The van der Waals surface area contributed by atoms with Crippen molar-refractivity contribution < 1.29 is 4.74 Å². The Kier molecular flexibility index (Phi) is 3.60. The molecule has 0 aliphatic heterocycles. The molecule has 2 rings (SSSR count). The van der Waals surface area contributed by atoms with Gasteiger partial charge in [0.2, 0.25) is 0 Å². The van der Waals surface area contributed by atoms with E-state index >= 15 is 0 Å². The first-order valence-electron chi connectivity index (χ1n) is 6.03. The number of hydrogen-bond donors (Lipinski definition) is 1. The molecule has 2 nitrogen and oxygen atoms in total. The van der Waals surface area contributed by atoms with Crippen LogP contribution in [0.4, 0.5) is 0 Å². The van der Waals surface area contributed by atoms with Gasteiger partial charge in [-0.15, -0.1) is 0 Å². The molecule has 1 aromatic rings. The van der Waals surface area contributed by atoms with E-state index in [2.05, 4.69) is 12.1 Å². The largest absolute Gasteiger partial charge is 0.496 e. The van der Waals surface area contributed by atoms with Crippen LogP contribution in [-0.2, 0) is 0 Å². The van der Waals surface area contributed by atoms with E-state index in [0.717, 1.165) is 11.3 Å². The van der Waals surface area contributed by atoms with Crippen LogP contribution in [0.2, 0.25) is 0 Å². The van der Waals surface area contributed by atoms with E-state index < -0.39 is 0 Å². The van der Waals surface area contributed by atoms with E-state index in [0.29, 0.717) is 5.92 Å². The number of nitrogens with one attached hydrogen (secondary N) is 1. The van der Waals surface area contributed by atoms with Crippen molar-refractivity contribution in [3.05, 3.63) is 29.3 Å². The van der Waals surface area contributed by atoms with Gasteiger partial charge in [-0.3, -0.25) is 0 Å². The second-order valence-corrected chi connectivity index (χ2v) is 4.48. The third-order valence-corrected chi connectivity index (χ3v) is 3.49. The van der Waals surface area contributed by atoms with Gasteiger partial charge >= 0.3 is 0 Å². The summed E-state index contributed by atoms with van der Waals surface area (Å²) >= 11 is 0. The van der Waals surface area contributed by atoms with Crippen molar-refractivity contribution in [2.24, 2.45) is 0 Å². The van der Waals surface area contributed by atoms with Gasteiger partial charge in [0.1, 0.15) is 5.75 Å². The number of ether oxygens (including phenoxy) is 1. The minimum Gasteiger partial charge on any atom is -0.496 e. The van der Waals surface area contributed by atoms with Gasteiger partial charge in [-0.05, 0) is 36.5 Å². The molecule has 0 spiro atoms. The average molecular weight is 217 g/mol. The topological polar surface area (TPSA) is 33.1 Å². The number of rotatable bonds is 3. The molecule has 1 aliphatic carbocycles. The summed E-state index contributed by atoms with van der Waals surface area (Å²) in [6, 6.07) is 6.26. The Morgan fingerprint density at radius 2 is 2.00 bits per heavy atom. The molecule has 0 radical (unpaired) electrons. The van der Waals surface area contributed by atoms with Gasteiger partial charge in [-0.2, -0.15) is 0 Å². The summed E-state index contributed by atoms with van der Waals surface area (Å²) < 4.78 is 5.23. The summed E-state index contributed by atoms with van der Waals surface area (Å²) in [7, 11) is 1.66. The van der Waals surface area contributed by atoms with Gasteiger partial charge < -0.3 is 10.1 Å². The number of methoxy groups -OCH3 is 1. The highest BCUT2D eigenvalue weighted by Gasteiger charge is 2.16. The summed E-state index contributed by atoms with van der Waals surface area (Å²) in [6.07, 6.45) is 8.04. The highest BCUT2D eigenvalue weighted by Crippen LogP contribution is 2.34. The molecule has 1 aliphatic rings. The van der Waals surface area contributed by atoms with Crippen LogP contribution in [0.5, 0.6) is 5.75 Å². The lowest BCUT2D eigenvalue weighted by molar-refractivity contribution is 0.412. The Bertz CT molecular complexity index is 367. The lowest BCUT2D eigenvalue weighted by Gasteiger charge is -2.22. The fraction of sp³-hybridized carbons (Fsp3) is 0.500. The van der Waals surface area contributed by atoms with Crippen LogP contribution in [0.15, 0.2) is 18.2 Å². The molecule has 2 heteroatoms. The predicted octanol–water partition coefficient (Wildman–Crippen LogP) is 3.74. The molecular weight excluding hydrogens is 198 g/mol. The van der Waals surface area contributed by atoms with Crippen molar-refractivity contribution in [3.8, 4) is 5.75 Å². The maximum atomic E-state index is 7.39. The van der Waals surface area contributed by atoms with Crippen LogP contribution in [0.1, 0.15) is 49.1 Å². The zero-order valence-corrected chi connectivity index (χ0v) is 9.83. The fourth-order valence-corrected chi connectivity index (χ4v) is 2.56. The van der Waals surface area contributed by atoms with Crippen molar-refractivity contribution >= 4 is 6.21 Å². The molecule has 0 bridgehead atoms. The summed E-state index contributed by atoms with van der Waals surface area (Å²) in [5.41, 5.74) is 2.27. The van der Waals surface area contributed by atoms with Crippen LogP contribution in [0.25, 0.3) is 0 Å². The highest BCUT2D eigenvalue weighted by atomic mass is 16.5. The summed E-state index contributed by atoms with van der Waals surface area (Å²) in [5, 5.41) is 7.39. The van der Waals surface area contributed by atoms with Crippen molar-refractivity contribution in [3.63, 3.8) is 0 Å². The molecule has 0 atom stereocenters. The monoisotopic (exact) mass is 217 g/mol. The van der Waals surface area contributed by atoms with Gasteiger partial charge in [-0.1, -0.05) is 25.3 Å². The maximum Gasteiger partial charge on any atom is 0.127 e. The predicted molar refractivity (Wildman–Crippen MR) is 66.7 cm³/mol. The Hall–Kier alpha value is -1.31. The molecule has 0 heterocycles. The minimum atomic E-state index is 0.693. The normalized spacial score (nSPS) is 17.1. The Balaban J connectivity index is 2.24. The molecule has 0 aromatic heterocycles. The number of benzene rings is 1. The van der Waals surface area contributed by atoms with E-state index in [-0.39, 0.29) is 0 Å². The molecule has 0 amide bonds. The average Bonchev–Trinajstić information content (AvgIpc) is 2.39. The number of hydrogen-bond acceptors (Lipinski definition) is 2. The SMILES string of the molecule is COc1ccc(C2CCCCC2)cc1C=N. The molecule has 1 saturated carbocycles. The molecule has 0 unspecified atom stereocenters. The molecule has 1 N–H and O–H groups in total. The fourth-order valence-electron chi connectivity index (χ4n) is 2.56. The summed E-state index contributed by atoms with van der Waals surface area (Å²) in [5.74, 6) is 1.49. The smallest absolute Gasteiger partial charge is 0.127 e. The van der Waals surface area contributed by atoms with E-state index in [9.17, 15) is 0 Å². The van der Waals surface area contributed by atoms with Gasteiger partial charge in [0.25, 0.3) is 0 Å². The Morgan fingerprint density at radius 1 is 1.25 bits per heavy atom. The Labute approximate surface area is 97.1 Å². The first kappa shape index (κ1) is 11.2. The molecule has 0 saturated heterocycles. The molecule has 16 heavy (non-hydrogen) atoms. The van der Waals surface area contributed by atoms with Gasteiger partial charge in [0.15, 0.2) is 0 Å². The summed E-state index contributed by atoms with van der Waals surface area (Å²) in [4.78, 5) is 0. The molecule has 1 fully saturated rings. The van der Waals surface area contributed by atoms with E-state index in [4.69, 9.17) is 10.1 Å². The van der Waals surface area contributed by atoms with E-state index in [1.165, 1.54) is 43.9 Å². The van der Waals surface area contributed by atoms with E-state index in [1.807, 2.05) is 6.07 Å². The summed E-state index contributed by atoms with van der Waals surface area (Å²) in [6.45, 7) is 0. The first-order chi connectivity index (χ1) is 7.85. The lowest BCUT2D eigenvalue weighted by Crippen LogP contribution is -2.05. The zero-order chi connectivity index (χ0) is 11.4. The zero-order valence-electron chi connectivity index (χ0n) is 9.83.